The first-order chi connectivity index (χ1) is 10.6. The van der Waals surface area contributed by atoms with Crippen molar-refractivity contribution < 1.29 is 13.7 Å². The van der Waals surface area contributed by atoms with Gasteiger partial charge in [0.25, 0.3) is 0 Å². The molecule has 9 heteroatoms. The average Bonchev–Trinajstić information content (AvgIpc) is 3.09. The summed E-state index contributed by atoms with van der Waals surface area (Å²) in [6.07, 6.45) is 0. The van der Waals surface area contributed by atoms with Crippen LogP contribution in [0.15, 0.2) is 34.9 Å². The molecule has 0 aliphatic heterocycles. The largest absolute Gasteiger partial charge is 0.360 e. The van der Waals surface area contributed by atoms with Crippen molar-refractivity contribution in [2.45, 2.75) is 13.5 Å². The summed E-state index contributed by atoms with van der Waals surface area (Å²) in [4.78, 5) is 12.9. The van der Waals surface area contributed by atoms with Gasteiger partial charge < -0.3 is 9.84 Å². The molecule has 0 radical (unpaired) electrons. The summed E-state index contributed by atoms with van der Waals surface area (Å²) in [7, 11) is 0. The number of benzene rings is 1. The van der Waals surface area contributed by atoms with Crippen LogP contribution in [0.1, 0.15) is 5.76 Å². The number of carbonyl (C=O) groups is 1. The fraction of sp³-hybridized carbons (Fsp3) is 0.154. The minimum atomic E-state index is -0.454. The number of carbonyl (C=O) groups excluding carboxylic acids is 1. The summed E-state index contributed by atoms with van der Waals surface area (Å²) < 4.78 is 18.5. The molecule has 0 saturated carbocycles. The molecule has 2 heterocycles. The summed E-state index contributed by atoms with van der Waals surface area (Å²) in [6, 6.07) is 7.65. The van der Waals surface area contributed by atoms with Crippen molar-refractivity contribution in [2.75, 3.05) is 5.32 Å². The quantitative estimate of drug-likeness (QED) is 0.782. The standard InChI is InChI=1S/C13H11FN6O2/c1-8-6-11(18-22-8)15-12(21)7-20-17-13(16-19-20)9-4-2-3-5-10(9)14/h2-6H,7H2,1H3,(H,15,18,21). The van der Waals surface area contributed by atoms with Crippen LogP contribution in [0.4, 0.5) is 10.2 Å². The third-order valence-corrected chi connectivity index (χ3v) is 2.75. The van der Waals surface area contributed by atoms with Crippen LogP contribution in [0, 0.1) is 12.7 Å². The molecule has 0 saturated heterocycles. The second-order valence-electron chi connectivity index (χ2n) is 4.49. The van der Waals surface area contributed by atoms with Crippen LogP contribution in [-0.4, -0.2) is 31.3 Å². The molecule has 2 aromatic heterocycles. The smallest absolute Gasteiger partial charge is 0.249 e. The number of aryl methyl sites for hydroxylation is 1. The summed E-state index contributed by atoms with van der Waals surface area (Å²) in [5, 5.41) is 17.6. The Morgan fingerprint density at radius 1 is 1.41 bits per heavy atom. The van der Waals surface area contributed by atoms with Gasteiger partial charge >= 0.3 is 0 Å². The third-order valence-electron chi connectivity index (χ3n) is 2.75. The Morgan fingerprint density at radius 2 is 2.23 bits per heavy atom. The zero-order chi connectivity index (χ0) is 15.5. The van der Waals surface area contributed by atoms with E-state index in [0.717, 1.165) is 4.80 Å². The van der Waals surface area contributed by atoms with Crippen LogP contribution < -0.4 is 5.32 Å². The molecular formula is C13H11FN6O2. The highest BCUT2D eigenvalue weighted by Gasteiger charge is 2.13. The van der Waals surface area contributed by atoms with Crippen LogP contribution in [-0.2, 0) is 11.3 Å². The van der Waals surface area contributed by atoms with E-state index in [1.54, 1.807) is 25.1 Å². The fourth-order valence-electron chi connectivity index (χ4n) is 1.80. The lowest BCUT2D eigenvalue weighted by Gasteiger charge is -1.99. The molecule has 1 aromatic carbocycles. The van der Waals surface area contributed by atoms with Gasteiger partial charge in [0.2, 0.25) is 11.7 Å². The molecule has 22 heavy (non-hydrogen) atoms. The molecule has 0 fully saturated rings. The average molecular weight is 302 g/mol. The van der Waals surface area contributed by atoms with Crippen molar-refractivity contribution in [3.05, 3.63) is 41.9 Å². The molecule has 0 bridgehead atoms. The van der Waals surface area contributed by atoms with E-state index in [1.165, 1.54) is 12.1 Å². The SMILES string of the molecule is Cc1cc(NC(=O)Cn2nnc(-c3ccccc3F)n2)no1. The van der Waals surface area contributed by atoms with E-state index in [2.05, 4.69) is 25.9 Å². The molecule has 0 aliphatic carbocycles. The molecule has 0 spiro atoms. The summed E-state index contributed by atoms with van der Waals surface area (Å²) in [5.74, 6) is 0.145. The maximum atomic E-state index is 13.6. The number of aromatic nitrogens is 5. The van der Waals surface area contributed by atoms with E-state index >= 15 is 0 Å². The molecule has 3 aromatic rings. The van der Waals surface area contributed by atoms with Crippen molar-refractivity contribution in [1.82, 2.24) is 25.4 Å². The number of hydrogen-bond donors (Lipinski definition) is 1. The lowest BCUT2D eigenvalue weighted by molar-refractivity contribution is -0.117. The van der Waals surface area contributed by atoms with Gasteiger partial charge in [0.05, 0.1) is 5.56 Å². The zero-order valence-electron chi connectivity index (χ0n) is 11.5. The molecule has 112 valence electrons. The fourth-order valence-corrected chi connectivity index (χ4v) is 1.80. The van der Waals surface area contributed by atoms with Crippen LogP contribution in [0.25, 0.3) is 11.4 Å². The summed E-state index contributed by atoms with van der Waals surface area (Å²) in [5.41, 5.74) is 0.223. The molecule has 3 rings (SSSR count). The van der Waals surface area contributed by atoms with E-state index in [9.17, 15) is 9.18 Å². The number of hydrogen-bond acceptors (Lipinski definition) is 6. The minimum Gasteiger partial charge on any atom is -0.360 e. The van der Waals surface area contributed by atoms with Gasteiger partial charge in [-0.05, 0) is 24.3 Å². The Kier molecular flexibility index (Phi) is 3.60. The van der Waals surface area contributed by atoms with Gasteiger partial charge in [0.1, 0.15) is 18.1 Å². The Balaban J connectivity index is 1.69. The van der Waals surface area contributed by atoms with Gasteiger partial charge in [0, 0.05) is 6.07 Å². The maximum Gasteiger partial charge on any atom is 0.249 e. The molecule has 0 aliphatic rings. The predicted molar refractivity (Wildman–Crippen MR) is 73.1 cm³/mol. The van der Waals surface area contributed by atoms with Crippen molar-refractivity contribution >= 4 is 11.7 Å². The van der Waals surface area contributed by atoms with Crippen LogP contribution in [0.2, 0.25) is 0 Å². The van der Waals surface area contributed by atoms with Gasteiger partial charge in [-0.2, -0.15) is 4.80 Å². The van der Waals surface area contributed by atoms with E-state index in [-0.39, 0.29) is 17.9 Å². The van der Waals surface area contributed by atoms with Crippen LogP contribution >= 0.6 is 0 Å². The number of rotatable bonds is 4. The number of anilines is 1. The number of amides is 1. The Bertz CT molecular complexity index is 812. The Morgan fingerprint density at radius 3 is 2.95 bits per heavy atom. The first-order valence-electron chi connectivity index (χ1n) is 6.38. The van der Waals surface area contributed by atoms with Gasteiger partial charge in [-0.15, -0.1) is 10.2 Å². The van der Waals surface area contributed by atoms with Crippen molar-refractivity contribution in [1.29, 1.82) is 0 Å². The molecular weight excluding hydrogens is 291 g/mol. The van der Waals surface area contributed by atoms with E-state index in [1.807, 2.05) is 0 Å². The highest BCUT2D eigenvalue weighted by atomic mass is 19.1. The Labute approximate surface area is 123 Å². The normalized spacial score (nSPS) is 10.6. The monoisotopic (exact) mass is 302 g/mol. The first kappa shape index (κ1) is 13.9. The van der Waals surface area contributed by atoms with Gasteiger partial charge in [0.15, 0.2) is 5.82 Å². The number of halogens is 1. The molecule has 0 unspecified atom stereocenters. The molecule has 1 N–H and O–H groups in total. The topological polar surface area (TPSA) is 98.7 Å². The van der Waals surface area contributed by atoms with E-state index < -0.39 is 11.7 Å². The second-order valence-corrected chi connectivity index (χ2v) is 4.49. The lowest BCUT2D eigenvalue weighted by Crippen LogP contribution is -2.20. The predicted octanol–water partition coefficient (Wildman–Crippen LogP) is 1.41. The van der Waals surface area contributed by atoms with Gasteiger partial charge in [-0.25, -0.2) is 4.39 Å². The third kappa shape index (κ3) is 2.97. The first-order valence-corrected chi connectivity index (χ1v) is 6.38. The molecule has 1 amide bonds. The highest BCUT2D eigenvalue weighted by Crippen LogP contribution is 2.17. The lowest BCUT2D eigenvalue weighted by atomic mass is 10.2. The van der Waals surface area contributed by atoms with Gasteiger partial charge in [-0.3, -0.25) is 4.79 Å². The highest BCUT2D eigenvalue weighted by molar-refractivity contribution is 5.89. The van der Waals surface area contributed by atoms with E-state index in [4.69, 9.17) is 4.52 Å². The summed E-state index contributed by atoms with van der Waals surface area (Å²) in [6.45, 7) is 1.54. The van der Waals surface area contributed by atoms with E-state index in [0.29, 0.717) is 11.6 Å². The molecule has 8 nitrogen and oxygen atoms in total. The summed E-state index contributed by atoms with van der Waals surface area (Å²) >= 11 is 0. The van der Waals surface area contributed by atoms with Crippen LogP contribution in [0.5, 0.6) is 0 Å². The van der Waals surface area contributed by atoms with Crippen molar-refractivity contribution in [2.24, 2.45) is 0 Å². The molecule has 0 atom stereocenters. The number of nitrogens with zero attached hydrogens (tertiary/aromatic N) is 5. The Hall–Kier alpha value is -3.10. The zero-order valence-corrected chi connectivity index (χ0v) is 11.5. The van der Waals surface area contributed by atoms with Crippen molar-refractivity contribution in [3.8, 4) is 11.4 Å². The maximum absolute atomic E-state index is 13.6. The van der Waals surface area contributed by atoms with Crippen LogP contribution in [0.3, 0.4) is 0 Å². The number of nitrogens with one attached hydrogen (secondary N) is 1. The second kappa shape index (κ2) is 5.72. The van der Waals surface area contributed by atoms with Crippen molar-refractivity contribution in [3.63, 3.8) is 0 Å². The van der Waals surface area contributed by atoms with Gasteiger partial charge in [-0.1, -0.05) is 17.3 Å². The minimum absolute atomic E-state index is 0.114. The number of tetrazole rings is 1.